The topological polar surface area (TPSA) is 57.5 Å². The maximum Gasteiger partial charge on any atom is 0.139 e. The lowest BCUT2D eigenvalue weighted by molar-refractivity contribution is -0.129. The van der Waals surface area contributed by atoms with Crippen LogP contribution in [0.2, 0.25) is 0 Å². The molecule has 0 aliphatic rings. The summed E-state index contributed by atoms with van der Waals surface area (Å²) in [6.45, 7) is 7.74. The van der Waals surface area contributed by atoms with Crippen molar-refractivity contribution in [2.45, 2.75) is 91.3 Å². The highest BCUT2D eigenvalue weighted by molar-refractivity contribution is 5.83. The number of unbranched alkanes of at least 4 members (excludes halogenated alkanes) is 2. The molecule has 120 valence electrons. The van der Waals surface area contributed by atoms with Crippen LogP contribution >= 0.6 is 0 Å². The number of ketones is 1. The van der Waals surface area contributed by atoms with Crippen LogP contribution in [0.4, 0.5) is 0 Å². The minimum absolute atomic E-state index is 0.0458. The molecular weight excluding hydrogens is 252 g/mol. The monoisotopic (exact) mass is 286 g/mol. The molecule has 4 atom stereocenters. The summed E-state index contributed by atoms with van der Waals surface area (Å²) in [6, 6.07) is 0. The number of carbonyl (C=O) groups excluding carboxylic acids is 1. The van der Waals surface area contributed by atoms with Gasteiger partial charge >= 0.3 is 0 Å². The van der Waals surface area contributed by atoms with Gasteiger partial charge in [-0.15, -0.1) is 0 Å². The van der Waals surface area contributed by atoms with Crippen LogP contribution in [0.25, 0.3) is 0 Å². The first-order chi connectivity index (χ1) is 9.42. The Balaban J connectivity index is 4.72. The van der Waals surface area contributed by atoms with Crippen molar-refractivity contribution < 1.29 is 15.0 Å². The Kier molecular flexibility index (Phi) is 11.0. The highest BCUT2D eigenvalue weighted by Gasteiger charge is 2.27. The summed E-state index contributed by atoms with van der Waals surface area (Å²) in [5, 5.41) is 19.2. The van der Waals surface area contributed by atoms with Gasteiger partial charge in [0.05, 0.1) is 12.2 Å². The predicted molar refractivity (Wildman–Crippen MR) is 83.6 cm³/mol. The van der Waals surface area contributed by atoms with Gasteiger partial charge in [0.15, 0.2) is 0 Å². The van der Waals surface area contributed by atoms with Crippen molar-refractivity contribution in [3.05, 3.63) is 0 Å². The van der Waals surface area contributed by atoms with Crippen LogP contribution in [-0.4, -0.2) is 28.2 Å². The summed E-state index contributed by atoms with van der Waals surface area (Å²) in [7, 11) is 0. The molecular formula is C17H34O3. The molecule has 0 aliphatic heterocycles. The van der Waals surface area contributed by atoms with Crippen molar-refractivity contribution in [3.8, 4) is 0 Å². The molecule has 0 aromatic carbocycles. The van der Waals surface area contributed by atoms with E-state index in [0.29, 0.717) is 12.8 Å². The summed E-state index contributed by atoms with van der Waals surface area (Å²) in [5.74, 6) is 0.166. The van der Waals surface area contributed by atoms with E-state index in [-0.39, 0.29) is 17.6 Å². The average molecular weight is 286 g/mol. The summed E-state index contributed by atoms with van der Waals surface area (Å²) < 4.78 is 0. The molecule has 0 saturated heterocycles. The molecule has 2 N–H and O–H groups in total. The maximum atomic E-state index is 12.7. The van der Waals surface area contributed by atoms with Crippen LogP contribution in [0.3, 0.4) is 0 Å². The highest BCUT2D eigenvalue weighted by atomic mass is 16.3. The zero-order valence-corrected chi connectivity index (χ0v) is 13.8. The minimum Gasteiger partial charge on any atom is -0.393 e. The van der Waals surface area contributed by atoms with Crippen molar-refractivity contribution >= 4 is 5.78 Å². The Morgan fingerprint density at radius 1 is 0.850 bits per heavy atom. The second-order valence-electron chi connectivity index (χ2n) is 6.25. The van der Waals surface area contributed by atoms with Crippen LogP contribution in [0.15, 0.2) is 0 Å². The Morgan fingerprint density at radius 3 is 1.45 bits per heavy atom. The number of rotatable bonds is 12. The normalized spacial score (nSPS) is 17.5. The molecule has 4 unspecified atom stereocenters. The minimum atomic E-state index is -0.431. The number of hydrogen-bond acceptors (Lipinski definition) is 3. The predicted octanol–water partition coefficient (Wildman–Crippen LogP) is 3.71. The second kappa shape index (κ2) is 11.3. The molecule has 0 heterocycles. The van der Waals surface area contributed by atoms with E-state index >= 15 is 0 Å². The van der Waals surface area contributed by atoms with Crippen LogP contribution in [-0.2, 0) is 4.79 Å². The van der Waals surface area contributed by atoms with Gasteiger partial charge in [-0.05, 0) is 39.5 Å². The Bertz CT molecular complexity index is 225. The van der Waals surface area contributed by atoms with E-state index in [0.717, 1.165) is 38.5 Å². The van der Waals surface area contributed by atoms with Crippen molar-refractivity contribution in [2.75, 3.05) is 0 Å². The van der Waals surface area contributed by atoms with Gasteiger partial charge in [0.1, 0.15) is 5.78 Å². The van der Waals surface area contributed by atoms with Crippen molar-refractivity contribution in [2.24, 2.45) is 11.8 Å². The van der Waals surface area contributed by atoms with Crippen molar-refractivity contribution in [3.63, 3.8) is 0 Å². The number of Topliss-reactive ketones (excluding diaryl/α,β-unsaturated/α-hetero) is 1. The molecule has 3 heteroatoms. The number of hydrogen-bond donors (Lipinski definition) is 2. The molecule has 3 nitrogen and oxygen atoms in total. The van der Waals surface area contributed by atoms with Crippen LogP contribution in [0.1, 0.15) is 79.1 Å². The zero-order chi connectivity index (χ0) is 15.5. The Labute approximate surface area is 124 Å². The van der Waals surface area contributed by atoms with E-state index in [9.17, 15) is 15.0 Å². The first-order valence-corrected chi connectivity index (χ1v) is 8.32. The number of aliphatic hydroxyl groups excluding tert-OH is 2. The third-order valence-corrected chi connectivity index (χ3v) is 3.87. The van der Waals surface area contributed by atoms with Gasteiger partial charge < -0.3 is 10.2 Å². The third-order valence-electron chi connectivity index (χ3n) is 3.87. The van der Waals surface area contributed by atoms with Gasteiger partial charge in [-0.3, -0.25) is 4.79 Å². The smallest absolute Gasteiger partial charge is 0.139 e. The molecule has 0 amide bonds. The zero-order valence-electron chi connectivity index (χ0n) is 13.8. The van der Waals surface area contributed by atoms with Crippen LogP contribution in [0.5, 0.6) is 0 Å². The Morgan fingerprint density at radius 2 is 1.20 bits per heavy atom. The fourth-order valence-electron chi connectivity index (χ4n) is 2.81. The molecule has 20 heavy (non-hydrogen) atoms. The third kappa shape index (κ3) is 8.70. The molecule has 0 aliphatic carbocycles. The summed E-state index contributed by atoms with van der Waals surface area (Å²) in [6.07, 6.45) is 6.17. The molecule has 0 saturated carbocycles. The molecule has 0 radical (unpaired) electrons. The first-order valence-electron chi connectivity index (χ1n) is 8.32. The van der Waals surface area contributed by atoms with Gasteiger partial charge in [-0.25, -0.2) is 0 Å². The molecule has 0 fully saturated rings. The first kappa shape index (κ1) is 19.6. The average Bonchev–Trinajstić information content (AvgIpc) is 2.37. The van der Waals surface area contributed by atoms with E-state index in [1.54, 1.807) is 13.8 Å². The quantitative estimate of drug-likeness (QED) is 0.575. The fraction of sp³-hybridized carbons (Fsp3) is 0.941. The lowest BCUT2D eigenvalue weighted by atomic mass is 9.81. The maximum absolute atomic E-state index is 12.7. The van der Waals surface area contributed by atoms with Gasteiger partial charge in [-0.1, -0.05) is 39.5 Å². The van der Waals surface area contributed by atoms with Gasteiger partial charge in [0.2, 0.25) is 0 Å². The Hall–Kier alpha value is -0.410. The van der Waals surface area contributed by atoms with E-state index < -0.39 is 12.2 Å². The summed E-state index contributed by atoms with van der Waals surface area (Å²) in [4.78, 5) is 12.7. The largest absolute Gasteiger partial charge is 0.393 e. The van der Waals surface area contributed by atoms with E-state index in [1.807, 2.05) is 0 Å². The second-order valence-corrected chi connectivity index (χ2v) is 6.25. The number of aliphatic hydroxyl groups is 2. The summed E-state index contributed by atoms with van der Waals surface area (Å²) >= 11 is 0. The summed E-state index contributed by atoms with van der Waals surface area (Å²) in [5.41, 5.74) is 0. The van der Waals surface area contributed by atoms with Gasteiger partial charge in [-0.2, -0.15) is 0 Å². The van der Waals surface area contributed by atoms with Gasteiger partial charge in [0, 0.05) is 11.8 Å². The molecule has 0 aromatic rings. The molecule has 0 bridgehead atoms. The number of carbonyl (C=O) groups is 1. The molecule has 0 rings (SSSR count). The van der Waals surface area contributed by atoms with Crippen molar-refractivity contribution in [1.82, 2.24) is 0 Å². The lowest BCUT2D eigenvalue weighted by Gasteiger charge is -2.24. The standard InChI is InChI=1S/C17H34O3/c1-5-7-9-15(11-13(3)18)17(20)16(10-8-6-2)12-14(4)19/h13-16,18-19H,5-12H2,1-4H3. The fourth-order valence-corrected chi connectivity index (χ4v) is 2.81. The molecule has 0 spiro atoms. The van der Waals surface area contributed by atoms with Crippen LogP contribution < -0.4 is 0 Å². The van der Waals surface area contributed by atoms with Gasteiger partial charge in [0.25, 0.3) is 0 Å². The van der Waals surface area contributed by atoms with Crippen molar-refractivity contribution in [1.29, 1.82) is 0 Å². The van der Waals surface area contributed by atoms with Crippen LogP contribution in [0, 0.1) is 11.8 Å². The lowest BCUT2D eigenvalue weighted by Crippen LogP contribution is -2.28. The van der Waals surface area contributed by atoms with E-state index in [4.69, 9.17) is 0 Å². The van der Waals surface area contributed by atoms with E-state index in [2.05, 4.69) is 13.8 Å². The van der Waals surface area contributed by atoms with E-state index in [1.165, 1.54) is 0 Å². The molecule has 0 aromatic heterocycles. The highest BCUT2D eigenvalue weighted by Crippen LogP contribution is 2.26. The SMILES string of the molecule is CCCCC(CC(C)O)C(=O)C(CCCC)CC(C)O.